The normalized spacial score (nSPS) is 10.7. The molecule has 2 N–H and O–H groups in total. The van der Waals surface area contributed by atoms with Crippen molar-refractivity contribution in [3.05, 3.63) is 63.0 Å². The van der Waals surface area contributed by atoms with Crippen LogP contribution in [0.25, 0.3) is 6.08 Å². The van der Waals surface area contributed by atoms with Crippen LogP contribution in [0.2, 0.25) is 0 Å². The lowest BCUT2D eigenvalue weighted by Crippen LogP contribution is -2.07. The number of anilines is 1. The number of phenols is 1. The predicted octanol–water partition coefficient (Wildman–Crippen LogP) is 4.57. The van der Waals surface area contributed by atoms with Crippen molar-refractivity contribution in [2.45, 2.75) is 0 Å². The minimum absolute atomic E-state index is 0.0998. The van der Waals surface area contributed by atoms with E-state index in [0.717, 1.165) is 5.56 Å². The molecule has 0 bridgehead atoms. The molecule has 0 fully saturated rings. The Hall–Kier alpha value is -1.59. The van der Waals surface area contributed by atoms with Crippen molar-refractivity contribution in [1.82, 2.24) is 0 Å². The van der Waals surface area contributed by atoms with Gasteiger partial charge < -0.3 is 10.4 Å². The Bertz CT molecular complexity index is 631. The van der Waals surface area contributed by atoms with Gasteiger partial charge in [0.1, 0.15) is 5.75 Å². The molecule has 0 unspecified atom stereocenters. The Labute approximate surface area is 133 Å². The van der Waals surface area contributed by atoms with Crippen LogP contribution in [0.15, 0.2) is 57.5 Å². The first-order valence-electron chi connectivity index (χ1n) is 5.78. The van der Waals surface area contributed by atoms with Crippen molar-refractivity contribution in [2.24, 2.45) is 0 Å². The summed E-state index contributed by atoms with van der Waals surface area (Å²) in [5.74, 6) is -0.138. The van der Waals surface area contributed by atoms with Crippen molar-refractivity contribution in [3.8, 4) is 5.75 Å². The Balaban J connectivity index is 2.07. The second-order valence-electron chi connectivity index (χ2n) is 4.02. The summed E-state index contributed by atoms with van der Waals surface area (Å²) >= 11 is 6.43. The van der Waals surface area contributed by atoms with Crippen LogP contribution >= 0.6 is 31.9 Å². The smallest absolute Gasteiger partial charge is 0.248 e. The minimum atomic E-state index is -0.238. The first kappa shape index (κ1) is 14.8. The maximum atomic E-state index is 11.8. The van der Waals surface area contributed by atoms with Gasteiger partial charge in [-0.15, -0.1) is 0 Å². The van der Waals surface area contributed by atoms with E-state index in [9.17, 15) is 9.90 Å². The summed E-state index contributed by atoms with van der Waals surface area (Å²) in [7, 11) is 0. The summed E-state index contributed by atoms with van der Waals surface area (Å²) in [6.07, 6.45) is 3.20. The van der Waals surface area contributed by atoms with Crippen molar-refractivity contribution in [2.75, 3.05) is 5.32 Å². The molecule has 2 aromatic carbocycles. The summed E-state index contributed by atoms with van der Waals surface area (Å²) in [5.41, 5.74) is 1.54. The summed E-state index contributed by atoms with van der Waals surface area (Å²) in [6.45, 7) is 0. The summed E-state index contributed by atoms with van der Waals surface area (Å²) in [6, 6.07) is 12.8. The third-order valence-electron chi connectivity index (χ3n) is 2.51. The number of carbonyl (C=O) groups is 1. The summed E-state index contributed by atoms with van der Waals surface area (Å²) in [5, 5.41) is 12.3. The topological polar surface area (TPSA) is 49.3 Å². The molecule has 5 heteroatoms. The lowest BCUT2D eigenvalue weighted by molar-refractivity contribution is -0.111. The zero-order chi connectivity index (χ0) is 14.5. The van der Waals surface area contributed by atoms with Gasteiger partial charge in [-0.05, 0) is 55.6 Å². The van der Waals surface area contributed by atoms with Crippen LogP contribution in [0.1, 0.15) is 5.56 Å². The van der Waals surface area contributed by atoms with Gasteiger partial charge in [0, 0.05) is 11.8 Å². The number of phenolic OH excluding ortho intramolecular Hbond substituents is 1. The minimum Gasteiger partial charge on any atom is -0.506 e. The molecule has 0 atom stereocenters. The Morgan fingerprint density at radius 3 is 2.30 bits per heavy atom. The SMILES string of the molecule is O=C(C=Cc1ccccc1)Nc1cc(Br)c(O)c(Br)c1. The first-order chi connectivity index (χ1) is 9.56. The fraction of sp³-hybridized carbons (Fsp3) is 0. The number of rotatable bonds is 3. The van der Waals surface area contributed by atoms with Crippen LogP contribution in [-0.4, -0.2) is 11.0 Å². The number of carbonyl (C=O) groups excluding carboxylic acids is 1. The van der Waals surface area contributed by atoms with E-state index in [-0.39, 0.29) is 11.7 Å². The number of halogens is 2. The van der Waals surface area contributed by atoms with E-state index >= 15 is 0 Å². The van der Waals surface area contributed by atoms with Gasteiger partial charge in [0.2, 0.25) is 5.91 Å². The lowest BCUT2D eigenvalue weighted by atomic mass is 10.2. The van der Waals surface area contributed by atoms with Gasteiger partial charge in [-0.3, -0.25) is 4.79 Å². The molecule has 0 heterocycles. The van der Waals surface area contributed by atoms with Crippen LogP contribution in [0.5, 0.6) is 5.75 Å². The van der Waals surface area contributed by atoms with Crippen LogP contribution in [0.3, 0.4) is 0 Å². The number of amides is 1. The molecule has 0 saturated carbocycles. The largest absolute Gasteiger partial charge is 0.506 e. The van der Waals surface area contributed by atoms with E-state index in [1.54, 1.807) is 18.2 Å². The zero-order valence-electron chi connectivity index (χ0n) is 10.3. The quantitative estimate of drug-likeness (QED) is 0.589. The monoisotopic (exact) mass is 395 g/mol. The molecular weight excluding hydrogens is 386 g/mol. The molecule has 2 aromatic rings. The molecule has 0 aliphatic heterocycles. The van der Waals surface area contributed by atoms with Crippen LogP contribution in [-0.2, 0) is 4.79 Å². The van der Waals surface area contributed by atoms with Crippen molar-refractivity contribution < 1.29 is 9.90 Å². The second-order valence-corrected chi connectivity index (χ2v) is 5.73. The van der Waals surface area contributed by atoms with Gasteiger partial charge in [0.05, 0.1) is 8.95 Å². The van der Waals surface area contributed by atoms with Crippen molar-refractivity contribution >= 4 is 49.5 Å². The number of nitrogens with one attached hydrogen (secondary N) is 1. The Morgan fingerprint density at radius 2 is 1.70 bits per heavy atom. The third kappa shape index (κ3) is 3.95. The average molecular weight is 397 g/mol. The lowest BCUT2D eigenvalue weighted by Gasteiger charge is -2.06. The number of hydrogen-bond acceptors (Lipinski definition) is 2. The van der Waals surface area contributed by atoms with Crippen molar-refractivity contribution in [3.63, 3.8) is 0 Å². The maximum Gasteiger partial charge on any atom is 0.248 e. The molecule has 0 saturated heterocycles. The number of hydrogen-bond donors (Lipinski definition) is 2. The Morgan fingerprint density at radius 1 is 1.10 bits per heavy atom. The van der Waals surface area contributed by atoms with E-state index < -0.39 is 0 Å². The molecule has 0 aromatic heterocycles. The van der Waals surface area contributed by atoms with Gasteiger partial charge in [0.25, 0.3) is 0 Å². The zero-order valence-corrected chi connectivity index (χ0v) is 13.5. The number of benzene rings is 2. The molecule has 3 nitrogen and oxygen atoms in total. The second kappa shape index (κ2) is 6.72. The highest BCUT2D eigenvalue weighted by Crippen LogP contribution is 2.35. The predicted molar refractivity (Wildman–Crippen MR) is 87.6 cm³/mol. The van der Waals surface area contributed by atoms with Crippen molar-refractivity contribution in [1.29, 1.82) is 0 Å². The molecule has 0 radical (unpaired) electrons. The van der Waals surface area contributed by atoms with Gasteiger partial charge in [-0.25, -0.2) is 0 Å². The van der Waals surface area contributed by atoms with Gasteiger partial charge in [0.15, 0.2) is 0 Å². The maximum absolute atomic E-state index is 11.8. The standard InChI is InChI=1S/C15H11Br2NO2/c16-12-8-11(9-13(17)15(12)20)18-14(19)7-6-10-4-2-1-3-5-10/h1-9,20H,(H,18,19). The average Bonchev–Trinajstić information content (AvgIpc) is 2.43. The van der Waals surface area contributed by atoms with E-state index in [2.05, 4.69) is 37.2 Å². The highest BCUT2D eigenvalue weighted by atomic mass is 79.9. The number of aromatic hydroxyl groups is 1. The van der Waals surface area contributed by atoms with Gasteiger partial charge >= 0.3 is 0 Å². The molecule has 102 valence electrons. The van der Waals surface area contributed by atoms with Gasteiger partial charge in [-0.1, -0.05) is 30.3 Å². The van der Waals surface area contributed by atoms with E-state index in [0.29, 0.717) is 14.6 Å². The molecule has 2 rings (SSSR count). The molecule has 20 heavy (non-hydrogen) atoms. The van der Waals surface area contributed by atoms with Crippen LogP contribution < -0.4 is 5.32 Å². The summed E-state index contributed by atoms with van der Waals surface area (Å²) in [4.78, 5) is 11.8. The highest BCUT2D eigenvalue weighted by Gasteiger charge is 2.07. The van der Waals surface area contributed by atoms with Crippen LogP contribution in [0.4, 0.5) is 5.69 Å². The molecule has 1 amide bonds. The third-order valence-corrected chi connectivity index (χ3v) is 3.72. The molecule has 0 spiro atoms. The van der Waals surface area contributed by atoms with Crippen LogP contribution in [0, 0.1) is 0 Å². The van der Waals surface area contributed by atoms with Gasteiger partial charge in [-0.2, -0.15) is 0 Å². The molecule has 0 aliphatic carbocycles. The fourth-order valence-corrected chi connectivity index (χ4v) is 2.74. The molecule has 0 aliphatic rings. The summed E-state index contributed by atoms with van der Waals surface area (Å²) < 4.78 is 1.02. The highest BCUT2D eigenvalue weighted by molar-refractivity contribution is 9.11. The first-order valence-corrected chi connectivity index (χ1v) is 7.37. The fourth-order valence-electron chi connectivity index (χ4n) is 1.56. The van der Waals surface area contributed by atoms with E-state index in [1.807, 2.05) is 30.3 Å². The van der Waals surface area contributed by atoms with E-state index in [4.69, 9.17) is 0 Å². The Kier molecular flexibility index (Phi) is 4.98. The molecular formula is C15H11Br2NO2. The van der Waals surface area contributed by atoms with E-state index in [1.165, 1.54) is 6.08 Å².